The Hall–Kier alpha value is -2.73. The molecule has 2 aromatic rings. The molecule has 0 saturated carbocycles. The van der Waals surface area contributed by atoms with Gasteiger partial charge in [0.25, 0.3) is 5.91 Å². The lowest BCUT2D eigenvalue weighted by molar-refractivity contribution is -0.119. The van der Waals surface area contributed by atoms with Crippen LogP contribution in [0, 0.1) is 0 Å². The van der Waals surface area contributed by atoms with Crippen LogP contribution >= 0.6 is 0 Å². The smallest absolute Gasteiger partial charge is 0.259 e. The number of anilines is 3. The lowest BCUT2D eigenvalue weighted by atomic mass is 10.0. The number of pyridine rings is 1. The number of carbonyl (C=O) groups excluding carboxylic acids is 2. The predicted octanol–water partition coefficient (Wildman–Crippen LogP) is 3.19. The van der Waals surface area contributed by atoms with Crippen molar-refractivity contribution in [2.45, 2.75) is 32.2 Å². The SMILES string of the molecule is CC1CCCCN1CC(=O)N1c2ccccc2NC(=O)c2cccnc21. The number of nitrogens with one attached hydrogen (secondary N) is 1. The number of hydrogen-bond acceptors (Lipinski definition) is 4. The molecule has 1 atom stereocenters. The Balaban J connectivity index is 1.75. The van der Waals surface area contributed by atoms with Gasteiger partial charge in [0, 0.05) is 12.2 Å². The lowest BCUT2D eigenvalue weighted by Crippen LogP contribution is -2.45. The summed E-state index contributed by atoms with van der Waals surface area (Å²) < 4.78 is 0. The topological polar surface area (TPSA) is 65.5 Å². The van der Waals surface area contributed by atoms with Crippen LogP contribution in [0.1, 0.15) is 36.5 Å². The first-order chi connectivity index (χ1) is 12.6. The fraction of sp³-hybridized carbons (Fsp3) is 0.350. The minimum atomic E-state index is -0.248. The monoisotopic (exact) mass is 350 g/mol. The molecule has 1 aromatic heterocycles. The molecule has 1 fully saturated rings. The van der Waals surface area contributed by atoms with Gasteiger partial charge in [-0.1, -0.05) is 18.6 Å². The first kappa shape index (κ1) is 16.7. The van der Waals surface area contributed by atoms with Crippen LogP contribution in [0.4, 0.5) is 17.2 Å². The maximum Gasteiger partial charge on any atom is 0.259 e. The fourth-order valence-corrected chi connectivity index (χ4v) is 3.72. The zero-order valence-electron chi connectivity index (χ0n) is 14.8. The van der Waals surface area contributed by atoms with Crippen molar-refractivity contribution in [1.29, 1.82) is 0 Å². The van der Waals surface area contributed by atoms with Crippen molar-refractivity contribution in [3.8, 4) is 0 Å². The molecule has 134 valence electrons. The summed E-state index contributed by atoms with van der Waals surface area (Å²) in [4.78, 5) is 34.1. The molecule has 0 bridgehead atoms. The standard InChI is InChI=1S/C20H22N4O2/c1-14-7-4-5-12-23(14)13-18(25)24-17-10-3-2-9-16(17)22-20(26)15-8-6-11-21-19(15)24/h2-3,6,8-11,14H,4-5,7,12-13H2,1H3,(H,22,26). The van der Waals surface area contributed by atoms with E-state index in [1.165, 1.54) is 6.42 Å². The van der Waals surface area contributed by atoms with Crippen LogP contribution in [0.5, 0.6) is 0 Å². The van der Waals surface area contributed by atoms with Crippen LogP contribution < -0.4 is 10.2 Å². The van der Waals surface area contributed by atoms with E-state index in [-0.39, 0.29) is 11.8 Å². The van der Waals surface area contributed by atoms with Gasteiger partial charge in [0.05, 0.1) is 23.5 Å². The average molecular weight is 350 g/mol. The lowest BCUT2D eigenvalue weighted by Gasteiger charge is -2.34. The van der Waals surface area contributed by atoms with Crippen LogP contribution in [0.2, 0.25) is 0 Å². The second kappa shape index (κ2) is 6.88. The summed E-state index contributed by atoms with van der Waals surface area (Å²) in [6.07, 6.45) is 5.05. The maximum atomic E-state index is 13.3. The Morgan fingerprint density at radius 3 is 2.92 bits per heavy atom. The summed E-state index contributed by atoms with van der Waals surface area (Å²) in [6, 6.07) is 11.2. The number of nitrogens with zero attached hydrogens (tertiary/aromatic N) is 3. The Labute approximate surface area is 152 Å². The highest BCUT2D eigenvalue weighted by atomic mass is 16.2. The zero-order valence-corrected chi connectivity index (χ0v) is 14.8. The van der Waals surface area contributed by atoms with Crippen LogP contribution in [-0.2, 0) is 4.79 Å². The Morgan fingerprint density at radius 2 is 2.08 bits per heavy atom. The average Bonchev–Trinajstić information content (AvgIpc) is 2.77. The van der Waals surface area contributed by atoms with Gasteiger partial charge in [0.2, 0.25) is 5.91 Å². The number of fused-ring (bicyclic) bond motifs is 2. The van der Waals surface area contributed by atoms with Crippen LogP contribution in [-0.4, -0.2) is 40.8 Å². The molecule has 26 heavy (non-hydrogen) atoms. The number of benzene rings is 1. The van der Waals surface area contributed by atoms with Gasteiger partial charge < -0.3 is 5.32 Å². The predicted molar refractivity (Wildman–Crippen MR) is 101 cm³/mol. The van der Waals surface area contributed by atoms with Gasteiger partial charge in [-0.3, -0.25) is 19.4 Å². The number of amides is 2. The summed E-state index contributed by atoms with van der Waals surface area (Å²) in [5, 5.41) is 2.89. The van der Waals surface area contributed by atoms with E-state index in [0.717, 1.165) is 19.4 Å². The largest absolute Gasteiger partial charge is 0.320 e. The molecule has 1 saturated heterocycles. The molecule has 1 N–H and O–H groups in total. The summed E-state index contributed by atoms with van der Waals surface area (Å²) in [7, 11) is 0. The summed E-state index contributed by atoms with van der Waals surface area (Å²) in [6.45, 7) is 3.41. The van der Waals surface area contributed by atoms with Crippen LogP contribution in [0.15, 0.2) is 42.6 Å². The van der Waals surface area contributed by atoms with E-state index in [1.54, 1.807) is 23.2 Å². The number of para-hydroxylation sites is 2. The second-order valence-corrected chi connectivity index (χ2v) is 6.89. The van der Waals surface area contributed by atoms with E-state index < -0.39 is 0 Å². The summed E-state index contributed by atoms with van der Waals surface area (Å²) in [5.74, 6) is 0.0782. The van der Waals surface area contributed by atoms with Crippen LogP contribution in [0.25, 0.3) is 0 Å². The fourth-order valence-electron chi connectivity index (χ4n) is 3.72. The highest BCUT2D eigenvalue weighted by Crippen LogP contribution is 2.36. The normalized spacial score (nSPS) is 20.0. The molecular formula is C20H22N4O2. The quantitative estimate of drug-likeness (QED) is 0.903. The molecule has 1 unspecified atom stereocenters. The van der Waals surface area contributed by atoms with Crippen molar-refractivity contribution in [1.82, 2.24) is 9.88 Å². The second-order valence-electron chi connectivity index (χ2n) is 6.89. The van der Waals surface area contributed by atoms with Gasteiger partial charge in [-0.2, -0.15) is 0 Å². The van der Waals surface area contributed by atoms with Gasteiger partial charge >= 0.3 is 0 Å². The van der Waals surface area contributed by atoms with E-state index in [2.05, 4.69) is 22.1 Å². The maximum absolute atomic E-state index is 13.3. The molecule has 4 rings (SSSR count). The Kier molecular flexibility index (Phi) is 4.42. The van der Waals surface area contributed by atoms with Gasteiger partial charge in [0.15, 0.2) is 5.82 Å². The minimum absolute atomic E-state index is 0.0670. The highest BCUT2D eigenvalue weighted by molar-refractivity contribution is 6.17. The number of hydrogen-bond donors (Lipinski definition) is 1. The molecular weight excluding hydrogens is 328 g/mol. The Morgan fingerprint density at radius 1 is 1.23 bits per heavy atom. The van der Waals surface area contributed by atoms with Crippen molar-refractivity contribution in [2.75, 3.05) is 23.3 Å². The molecule has 1 aromatic carbocycles. The first-order valence-electron chi connectivity index (χ1n) is 9.07. The van der Waals surface area contributed by atoms with Crippen molar-refractivity contribution >= 4 is 29.0 Å². The van der Waals surface area contributed by atoms with Gasteiger partial charge in [-0.05, 0) is 50.6 Å². The minimum Gasteiger partial charge on any atom is -0.320 e. The number of rotatable bonds is 2. The molecule has 0 spiro atoms. The zero-order chi connectivity index (χ0) is 18.1. The third-order valence-electron chi connectivity index (χ3n) is 5.16. The van der Waals surface area contributed by atoms with E-state index in [0.29, 0.717) is 35.3 Å². The molecule has 6 nitrogen and oxygen atoms in total. The number of aromatic nitrogens is 1. The van der Waals surface area contributed by atoms with E-state index in [4.69, 9.17) is 0 Å². The van der Waals surface area contributed by atoms with Gasteiger partial charge in [0.1, 0.15) is 0 Å². The summed E-state index contributed by atoms with van der Waals surface area (Å²) >= 11 is 0. The van der Waals surface area contributed by atoms with E-state index in [1.807, 2.05) is 24.3 Å². The Bertz CT molecular complexity index is 851. The van der Waals surface area contributed by atoms with Crippen molar-refractivity contribution < 1.29 is 9.59 Å². The van der Waals surface area contributed by atoms with Gasteiger partial charge in [-0.25, -0.2) is 4.98 Å². The molecule has 0 aliphatic carbocycles. The van der Waals surface area contributed by atoms with Crippen molar-refractivity contribution in [3.05, 3.63) is 48.2 Å². The van der Waals surface area contributed by atoms with Crippen molar-refractivity contribution in [2.24, 2.45) is 0 Å². The van der Waals surface area contributed by atoms with Crippen molar-refractivity contribution in [3.63, 3.8) is 0 Å². The highest BCUT2D eigenvalue weighted by Gasteiger charge is 2.32. The first-order valence-corrected chi connectivity index (χ1v) is 9.07. The number of piperidine rings is 1. The van der Waals surface area contributed by atoms with E-state index >= 15 is 0 Å². The number of likely N-dealkylation sites (tertiary alicyclic amines) is 1. The third kappa shape index (κ3) is 2.97. The van der Waals surface area contributed by atoms with Gasteiger partial charge in [-0.15, -0.1) is 0 Å². The molecule has 3 heterocycles. The summed E-state index contributed by atoms with van der Waals surface area (Å²) in [5.41, 5.74) is 1.69. The molecule has 6 heteroatoms. The molecule has 2 amide bonds. The molecule has 0 radical (unpaired) electrons. The molecule has 2 aliphatic heterocycles. The third-order valence-corrected chi connectivity index (χ3v) is 5.16. The molecule has 2 aliphatic rings. The van der Waals surface area contributed by atoms with E-state index in [9.17, 15) is 9.59 Å². The number of carbonyl (C=O) groups is 2. The van der Waals surface area contributed by atoms with Crippen LogP contribution in [0.3, 0.4) is 0 Å².